The quantitative estimate of drug-likeness (QED) is 0.658. The molecule has 4 heteroatoms. The summed E-state index contributed by atoms with van der Waals surface area (Å²) in [7, 11) is 3.86. The second kappa shape index (κ2) is 3.72. The summed E-state index contributed by atoms with van der Waals surface area (Å²) < 4.78 is 0. The topological polar surface area (TPSA) is 29.0 Å². The normalized spacial score (nSPS) is 10.0. The molecule has 3 nitrogen and oxygen atoms in total. The molecule has 1 aromatic rings. The summed E-state index contributed by atoms with van der Waals surface area (Å²) >= 11 is 5.72. The van der Waals surface area contributed by atoms with E-state index in [4.69, 9.17) is 11.6 Å². The van der Waals surface area contributed by atoms with E-state index in [-0.39, 0.29) is 0 Å². The third-order valence-electron chi connectivity index (χ3n) is 1.56. The van der Waals surface area contributed by atoms with Crippen LogP contribution in [0.5, 0.6) is 0 Å². The molecule has 0 fully saturated rings. The number of rotatable bonds is 2. The van der Waals surface area contributed by atoms with E-state index in [9.17, 15) is 0 Å². The van der Waals surface area contributed by atoms with Crippen LogP contribution in [0.15, 0.2) is 6.07 Å². The van der Waals surface area contributed by atoms with E-state index in [0.717, 1.165) is 17.9 Å². The Labute approximate surface area is 77.4 Å². The fourth-order valence-corrected chi connectivity index (χ4v) is 1.06. The molecule has 0 radical (unpaired) electrons. The van der Waals surface area contributed by atoms with Gasteiger partial charge in [0.25, 0.3) is 0 Å². The molecule has 0 saturated heterocycles. The minimum Gasteiger partial charge on any atom is -0.363 e. The van der Waals surface area contributed by atoms with E-state index in [0.29, 0.717) is 5.28 Å². The number of hydrogen-bond donors (Lipinski definition) is 0. The molecule has 1 rings (SSSR count). The van der Waals surface area contributed by atoms with Gasteiger partial charge in [0, 0.05) is 25.9 Å². The molecule has 0 aromatic carbocycles. The van der Waals surface area contributed by atoms with Crippen molar-refractivity contribution in [2.24, 2.45) is 0 Å². The van der Waals surface area contributed by atoms with E-state index in [1.165, 1.54) is 0 Å². The Morgan fingerprint density at radius 1 is 1.42 bits per heavy atom. The minimum absolute atomic E-state index is 0.318. The van der Waals surface area contributed by atoms with E-state index >= 15 is 0 Å². The maximum absolute atomic E-state index is 5.72. The van der Waals surface area contributed by atoms with Crippen molar-refractivity contribution in [2.45, 2.75) is 13.3 Å². The van der Waals surface area contributed by atoms with E-state index in [1.54, 1.807) is 0 Å². The molecule has 0 saturated carbocycles. The summed E-state index contributed by atoms with van der Waals surface area (Å²) in [6.07, 6.45) is 0.878. The fourth-order valence-electron chi connectivity index (χ4n) is 0.862. The molecular formula is C8H12ClN3. The van der Waals surface area contributed by atoms with Crippen molar-refractivity contribution >= 4 is 17.4 Å². The van der Waals surface area contributed by atoms with Gasteiger partial charge in [0.15, 0.2) is 0 Å². The van der Waals surface area contributed by atoms with E-state index in [1.807, 2.05) is 32.0 Å². The van der Waals surface area contributed by atoms with Gasteiger partial charge in [0.1, 0.15) is 5.82 Å². The van der Waals surface area contributed by atoms with Gasteiger partial charge in [-0.25, -0.2) is 9.97 Å². The fraction of sp³-hybridized carbons (Fsp3) is 0.500. The van der Waals surface area contributed by atoms with Crippen molar-refractivity contribution in [3.05, 3.63) is 17.0 Å². The van der Waals surface area contributed by atoms with Crippen molar-refractivity contribution in [1.82, 2.24) is 9.97 Å². The van der Waals surface area contributed by atoms with Gasteiger partial charge in [-0.15, -0.1) is 0 Å². The van der Waals surface area contributed by atoms with Crippen LogP contribution >= 0.6 is 11.6 Å². The first kappa shape index (κ1) is 9.26. The first-order valence-electron chi connectivity index (χ1n) is 3.84. The van der Waals surface area contributed by atoms with Gasteiger partial charge in [-0.2, -0.15) is 0 Å². The lowest BCUT2D eigenvalue weighted by Gasteiger charge is -2.11. The maximum atomic E-state index is 5.72. The summed E-state index contributed by atoms with van der Waals surface area (Å²) in [6, 6.07) is 1.94. The zero-order valence-electron chi connectivity index (χ0n) is 7.50. The number of halogens is 1. The highest BCUT2D eigenvalue weighted by atomic mass is 35.5. The summed E-state index contributed by atoms with van der Waals surface area (Å²) in [5.74, 6) is 0.854. The molecular weight excluding hydrogens is 174 g/mol. The van der Waals surface area contributed by atoms with Crippen molar-refractivity contribution < 1.29 is 0 Å². The summed E-state index contributed by atoms with van der Waals surface area (Å²) in [5.41, 5.74) is 0.971. The van der Waals surface area contributed by atoms with Gasteiger partial charge in [0.2, 0.25) is 5.28 Å². The molecule has 1 heterocycles. The average molecular weight is 186 g/mol. The number of aryl methyl sites for hydroxylation is 1. The van der Waals surface area contributed by atoms with Crippen LogP contribution in [0, 0.1) is 0 Å². The van der Waals surface area contributed by atoms with Crippen molar-refractivity contribution in [2.75, 3.05) is 19.0 Å². The first-order chi connectivity index (χ1) is 5.63. The monoisotopic (exact) mass is 185 g/mol. The van der Waals surface area contributed by atoms with Crippen molar-refractivity contribution in [3.63, 3.8) is 0 Å². The van der Waals surface area contributed by atoms with Crippen LogP contribution in [0.3, 0.4) is 0 Å². The Hall–Kier alpha value is -0.830. The number of aromatic nitrogens is 2. The van der Waals surface area contributed by atoms with Crippen LogP contribution in [0.25, 0.3) is 0 Å². The van der Waals surface area contributed by atoms with Gasteiger partial charge in [-0.3, -0.25) is 0 Å². The third-order valence-corrected chi connectivity index (χ3v) is 1.73. The van der Waals surface area contributed by atoms with Gasteiger partial charge in [-0.05, 0) is 18.0 Å². The highest BCUT2D eigenvalue weighted by Crippen LogP contribution is 2.12. The third kappa shape index (κ3) is 2.08. The largest absolute Gasteiger partial charge is 0.363 e. The molecule has 0 amide bonds. The highest BCUT2D eigenvalue weighted by molar-refractivity contribution is 6.28. The number of hydrogen-bond acceptors (Lipinski definition) is 3. The zero-order valence-corrected chi connectivity index (χ0v) is 8.26. The van der Waals surface area contributed by atoms with Crippen LogP contribution in [-0.4, -0.2) is 24.1 Å². The van der Waals surface area contributed by atoms with Crippen molar-refractivity contribution in [1.29, 1.82) is 0 Å². The lowest BCUT2D eigenvalue weighted by Crippen LogP contribution is -2.11. The molecule has 0 spiro atoms. The predicted octanol–water partition coefficient (Wildman–Crippen LogP) is 1.76. The maximum Gasteiger partial charge on any atom is 0.224 e. The van der Waals surface area contributed by atoms with Crippen LogP contribution in [0.2, 0.25) is 5.28 Å². The molecule has 12 heavy (non-hydrogen) atoms. The Bertz CT molecular complexity index is 273. The Morgan fingerprint density at radius 2 is 2.08 bits per heavy atom. The predicted molar refractivity (Wildman–Crippen MR) is 50.7 cm³/mol. The molecule has 0 aliphatic heterocycles. The summed E-state index contributed by atoms with van der Waals surface area (Å²) in [4.78, 5) is 10.0. The standard InChI is InChI=1S/C8H12ClN3/c1-4-6-5-7(12(2)3)11-8(9)10-6/h5H,4H2,1-3H3. The van der Waals surface area contributed by atoms with Gasteiger partial charge < -0.3 is 4.90 Å². The molecule has 0 atom stereocenters. The second-order valence-corrected chi connectivity index (χ2v) is 3.07. The van der Waals surface area contributed by atoms with Gasteiger partial charge >= 0.3 is 0 Å². The minimum atomic E-state index is 0.318. The van der Waals surface area contributed by atoms with Crippen LogP contribution in [-0.2, 0) is 6.42 Å². The molecule has 66 valence electrons. The smallest absolute Gasteiger partial charge is 0.224 e. The molecule has 0 bridgehead atoms. The number of anilines is 1. The Balaban J connectivity index is 3.06. The average Bonchev–Trinajstić information content (AvgIpc) is 2.03. The Kier molecular flexibility index (Phi) is 2.87. The van der Waals surface area contributed by atoms with Crippen LogP contribution in [0.4, 0.5) is 5.82 Å². The van der Waals surface area contributed by atoms with Crippen LogP contribution in [0.1, 0.15) is 12.6 Å². The second-order valence-electron chi connectivity index (χ2n) is 2.73. The molecule has 0 aliphatic carbocycles. The Morgan fingerprint density at radius 3 is 2.58 bits per heavy atom. The van der Waals surface area contributed by atoms with Crippen LogP contribution < -0.4 is 4.90 Å². The van der Waals surface area contributed by atoms with E-state index < -0.39 is 0 Å². The summed E-state index contributed by atoms with van der Waals surface area (Å²) in [5, 5.41) is 0.318. The van der Waals surface area contributed by atoms with Gasteiger partial charge in [-0.1, -0.05) is 6.92 Å². The lowest BCUT2D eigenvalue weighted by molar-refractivity contribution is 0.967. The first-order valence-corrected chi connectivity index (χ1v) is 4.22. The SMILES string of the molecule is CCc1cc(N(C)C)nc(Cl)n1. The molecule has 1 aromatic heterocycles. The lowest BCUT2D eigenvalue weighted by atomic mass is 10.3. The molecule has 0 N–H and O–H groups in total. The number of nitrogens with zero attached hydrogens (tertiary/aromatic N) is 3. The van der Waals surface area contributed by atoms with Gasteiger partial charge in [0.05, 0.1) is 0 Å². The zero-order chi connectivity index (χ0) is 9.14. The summed E-state index contributed by atoms with van der Waals surface area (Å²) in [6.45, 7) is 2.04. The van der Waals surface area contributed by atoms with Crippen molar-refractivity contribution in [3.8, 4) is 0 Å². The molecule has 0 aliphatic rings. The van der Waals surface area contributed by atoms with E-state index in [2.05, 4.69) is 9.97 Å². The molecule has 0 unspecified atom stereocenters. The highest BCUT2D eigenvalue weighted by Gasteiger charge is 2.02.